The molecule has 8 heteroatoms. The Bertz CT molecular complexity index is 1270. The van der Waals surface area contributed by atoms with E-state index in [1.54, 1.807) is 31.3 Å². The molecule has 0 aliphatic carbocycles. The van der Waals surface area contributed by atoms with Gasteiger partial charge in [-0.2, -0.15) is 0 Å². The zero-order valence-electron chi connectivity index (χ0n) is 16.4. The second-order valence-corrected chi connectivity index (χ2v) is 9.01. The normalized spacial score (nSPS) is 11.7. The molecule has 0 aliphatic rings. The van der Waals surface area contributed by atoms with Gasteiger partial charge in [-0.3, -0.25) is 4.98 Å². The molecule has 2 aromatic heterocycles. The number of sulfone groups is 1. The highest BCUT2D eigenvalue weighted by Gasteiger charge is 2.14. The molecule has 2 aromatic carbocycles. The van der Waals surface area contributed by atoms with E-state index in [-0.39, 0.29) is 17.3 Å². The van der Waals surface area contributed by atoms with Gasteiger partial charge in [-0.1, -0.05) is 13.0 Å². The van der Waals surface area contributed by atoms with E-state index in [9.17, 15) is 13.5 Å². The van der Waals surface area contributed by atoms with E-state index in [0.717, 1.165) is 16.8 Å². The smallest absolute Gasteiger partial charge is 0.178 e. The molecule has 0 spiro atoms. The Morgan fingerprint density at radius 2 is 1.90 bits per heavy atom. The molecule has 0 aliphatic heterocycles. The first-order chi connectivity index (χ1) is 14.5. The molecular weight excluding hydrogens is 402 g/mol. The Morgan fingerprint density at radius 1 is 1.10 bits per heavy atom. The van der Waals surface area contributed by atoms with E-state index >= 15 is 0 Å². The molecule has 0 amide bonds. The maximum atomic E-state index is 12.0. The number of imidazole rings is 1. The van der Waals surface area contributed by atoms with Gasteiger partial charge in [0, 0.05) is 18.9 Å². The number of pyridine rings is 1. The van der Waals surface area contributed by atoms with Gasteiger partial charge in [-0.25, -0.2) is 13.4 Å². The third-order valence-electron chi connectivity index (χ3n) is 4.74. The van der Waals surface area contributed by atoms with E-state index in [1.165, 1.54) is 12.1 Å². The van der Waals surface area contributed by atoms with Gasteiger partial charge in [0.05, 0.1) is 21.7 Å². The fourth-order valence-corrected chi connectivity index (χ4v) is 4.01. The highest BCUT2D eigenvalue weighted by Crippen LogP contribution is 2.31. The predicted molar refractivity (Wildman–Crippen MR) is 114 cm³/mol. The van der Waals surface area contributed by atoms with Gasteiger partial charge >= 0.3 is 0 Å². The van der Waals surface area contributed by atoms with Crippen molar-refractivity contribution in [2.75, 3.05) is 12.4 Å². The molecule has 2 N–H and O–H groups in total. The van der Waals surface area contributed by atoms with E-state index in [0.29, 0.717) is 29.3 Å². The van der Waals surface area contributed by atoms with Gasteiger partial charge in [0.15, 0.2) is 15.7 Å². The lowest BCUT2D eigenvalue weighted by Gasteiger charge is -2.11. The SMILES string of the molecule is CCS(=O)(=O)c1ccc(Oc2cc3nc(-c4ccccn4)[nH]c3cc2CCO)cc1. The fraction of sp³-hybridized carbons (Fsp3) is 0.182. The average Bonchev–Trinajstić information content (AvgIpc) is 3.18. The van der Waals surface area contributed by atoms with Gasteiger partial charge in [0.1, 0.15) is 17.2 Å². The molecule has 30 heavy (non-hydrogen) atoms. The molecule has 0 fully saturated rings. The van der Waals surface area contributed by atoms with Crippen molar-refractivity contribution in [3.8, 4) is 23.0 Å². The number of aliphatic hydroxyl groups is 1. The second-order valence-electron chi connectivity index (χ2n) is 6.73. The summed E-state index contributed by atoms with van der Waals surface area (Å²) in [5.41, 5.74) is 3.06. The van der Waals surface area contributed by atoms with Crippen molar-refractivity contribution >= 4 is 20.9 Å². The molecular formula is C22H21N3O4S. The maximum Gasteiger partial charge on any atom is 0.178 e. The summed E-state index contributed by atoms with van der Waals surface area (Å²) >= 11 is 0. The zero-order valence-corrected chi connectivity index (χ0v) is 17.2. The quantitative estimate of drug-likeness (QED) is 0.469. The van der Waals surface area contributed by atoms with Crippen LogP contribution in [-0.2, 0) is 16.3 Å². The topological polar surface area (TPSA) is 105 Å². The lowest BCUT2D eigenvalue weighted by atomic mass is 10.1. The molecule has 0 unspecified atom stereocenters. The minimum Gasteiger partial charge on any atom is -0.457 e. The van der Waals surface area contributed by atoms with E-state index < -0.39 is 9.84 Å². The van der Waals surface area contributed by atoms with Crippen molar-refractivity contribution in [1.29, 1.82) is 0 Å². The molecule has 0 saturated heterocycles. The van der Waals surface area contributed by atoms with Crippen molar-refractivity contribution in [2.24, 2.45) is 0 Å². The number of nitrogens with one attached hydrogen (secondary N) is 1. The summed E-state index contributed by atoms with van der Waals surface area (Å²) in [5, 5.41) is 9.46. The summed E-state index contributed by atoms with van der Waals surface area (Å²) in [7, 11) is -3.27. The number of ether oxygens (including phenoxy) is 1. The monoisotopic (exact) mass is 423 g/mol. The van der Waals surface area contributed by atoms with Gasteiger partial charge in [-0.15, -0.1) is 0 Å². The maximum absolute atomic E-state index is 12.0. The summed E-state index contributed by atoms with van der Waals surface area (Å²) in [6.45, 7) is 1.58. The third kappa shape index (κ3) is 4.05. The summed E-state index contributed by atoms with van der Waals surface area (Å²) in [6, 6.07) is 15.6. The largest absolute Gasteiger partial charge is 0.457 e. The molecule has 2 heterocycles. The molecule has 0 bridgehead atoms. The average molecular weight is 423 g/mol. The van der Waals surface area contributed by atoms with E-state index in [4.69, 9.17) is 4.74 Å². The molecule has 0 radical (unpaired) electrons. The highest BCUT2D eigenvalue weighted by atomic mass is 32.2. The van der Waals surface area contributed by atoms with Crippen molar-refractivity contribution in [3.05, 3.63) is 66.4 Å². The Labute approximate surface area is 174 Å². The minimum atomic E-state index is -3.27. The lowest BCUT2D eigenvalue weighted by molar-refractivity contribution is 0.298. The number of hydrogen-bond acceptors (Lipinski definition) is 6. The number of fused-ring (bicyclic) bond motifs is 1. The van der Waals surface area contributed by atoms with E-state index in [2.05, 4.69) is 15.0 Å². The number of aromatic amines is 1. The van der Waals surface area contributed by atoms with Crippen LogP contribution in [0.4, 0.5) is 0 Å². The van der Waals surface area contributed by atoms with Crippen molar-refractivity contribution in [2.45, 2.75) is 18.2 Å². The van der Waals surface area contributed by atoms with Crippen LogP contribution in [0, 0.1) is 0 Å². The predicted octanol–water partition coefficient (Wildman–Crippen LogP) is 3.75. The van der Waals surface area contributed by atoms with Crippen molar-refractivity contribution in [3.63, 3.8) is 0 Å². The lowest BCUT2D eigenvalue weighted by Crippen LogP contribution is -2.03. The van der Waals surface area contributed by atoms with Gasteiger partial charge in [0.25, 0.3) is 0 Å². The Balaban J connectivity index is 1.69. The van der Waals surface area contributed by atoms with Crippen LogP contribution in [0.1, 0.15) is 12.5 Å². The number of nitrogens with zero attached hydrogens (tertiary/aromatic N) is 2. The number of aliphatic hydroxyl groups excluding tert-OH is 1. The number of H-pyrrole nitrogens is 1. The second kappa shape index (κ2) is 8.25. The third-order valence-corrected chi connectivity index (χ3v) is 6.49. The highest BCUT2D eigenvalue weighted by molar-refractivity contribution is 7.91. The number of hydrogen-bond donors (Lipinski definition) is 2. The Kier molecular flexibility index (Phi) is 5.52. The first kappa shape index (κ1) is 20.1. The minimum absolute atomic E-state index is 0.0310. The van der Waals surface area contributed by atoms with Crippen LogP contribution in [-0.4, -0.2) is 40.8 Å². The first-order valence-electron chi connectivity index (χ1n) is 9.56. The van der Waals surface area contributed by atoms with Crippen molar-refractivity contribution in [1.82, 2.24) is 15.0 Å². The van der Waals surface area contributed by atoms with Crippen LogP contribution in [0.25, 0.3) is 22.6 Å². The molecule has 0 atom stereocenters. The summed E-state index contributed by atoms with van der Waals surface area (Å²) < 4.78 is 30.0. The summed E-state index contributed by atoms with van der Waals surface area (Å²) in [5.74, 6) is 1.75. The Hall–Kier alpha value is -3.23. The van der Waals surface area contributed by atoms with Gasteiger partial charge in [0.2, 0.25) is 0 Å². The molecule has 0 saturated carbocycles. The Morgan fingerprint density at radius 3 is 2.57 bits per heavy atom. The number of benzene rings is 2. The van der Waals surface area contributed by atoms with Crippen LogP contribution in [0.2, 0.25) is 0 Å². The van der Waals surface area contributed by atoms with Crippen molar-refractivity contribution < 1.29 is 18.3 Å². The molecule has 4 rings (SSSR count). The molecule has 154 valence electrons. The fourth-order valence-electron chi connectivity index (χ4n) is 3.13. The molecule has 4 aromatic rings. The summed E-state index contributed by atoms with van der Waals surface area (Å²) in [6.07, 6.45) is 2.11. The van der Waals surface area contributed by atoms with Gasteiger partial charge < -0.3 is 14.8 Å². The van der Waals surface area contributed by atoms with Crippen LogP contribution >= 0.6 is 0 Å². The first-order valence-corrected chi connectivity index (χ1v) is 11.2. The van der Waals surface area contributed by atoms with E-state index in [1.807, 2.05) is 24.3 Å². The van der Waals surface area contributed by atoms with Gasteiger partial charge in [-0.05, 0) is 54.4 Å². The molecule has 7 nitrogen and oxygen atoms in total. The van der Waals surface area contributed by atoms with Crippen LogP contribution in [0.5, 0.6) is 11.5 Å². The number of rotatable bonds is 7. The summed E-state index contributed by atoms with van der Waals surface area (Å²) in [4.78, 5) is 12.4. The standard InChI is InChI=1S/C22H21N3O4S/c1-2-30(27,28)17-8-6-16(7-9-17)29-21-14-20-19(13-15(21)10-12-26)24-22(25-20)18-5-3-4-11-23-18/h3-9,11,13-14,26H,2,10,12H2,1H3,(H,24,25). The van der Waals surface area contributed by atoms with Crippen LogP contribution < -0.4 is 4.74 Å². The van der Waals surface area contributed by atoms with Crippen LogP contribution in [0.3, 0.4) is 0 Å². The number of aromatic nitrogens is 3. The van der Waals surface area contributed by atoms with Crippen LogP contribution in [0.15, 0.2) is 65.7 Å². The zero-order chi connectivity index (χ0) is 21.1.